The number of carbonyl (C=O) groups is 2. The summed E-state index contributed by atoms with van der Waals surface area (Å²) in [7, 11) is 0. The van der Waals surface area contributed by atoms with E-state index in [2.05, 4.69) is 4.99 Å². The van der Waals surface area contributed by atoms with Crippen molar-refractivity contribution in [1.29, 1.82) is 0 Å². The smallest absolute Gasteiger partial charge is 0.335 e. The predicted molar refractivity (Wildman–Crippen MR) is 113 cm³/mol. The first-order chi connectivity index (χ1) is 14.6. The fraction of sp³-hybridized carbons (Fsp3) is 0.375. The van der Waals surface area contributed by atoms with Crippen LogP contribution in [0.15, 0.2) is 53.5 Å². The Morgan fingerprint density at radius 1 is 1.16 bits per heavy atom. The molecule has 0 bridgehead atoms. The first kappa shape index (κ1) is 22.7. The normalized spacial score (nSPS) is 19.6. The summed E-state index contributed by atoms with van der Waals surface area (Å²) in [5.41, 5.74) is 0.649. The number of aryl methyl sites for hydroxylation is 1. The Kier molecular flexibility index (Phi) is 6.93. The molecular formula is C24H25F3N2O2. The molecule has 2 atom stereocenters. The molecule has 2 aromatic rings. The van der Waals surface area contributed by atoms with E-state index in [1.165, 1.54) is 13.0 Å². The molecule has 1 aliphatic rings. The van der Waals surface area contributed by atoms with Crippen molar-refractivity contribution >= 4 is 18.0 Å². The second kappa shape index (κ2) is 9.45. The van der Waals surface area contributed by atoms with Gasteiger partial charge in [0.25, 0.3) is 5.91 Å². The lowest BCUT2D eigenvalue weighted by atomic mass is 9.87. The van der Waals surface area contributed by atoms with Gasteiger partial charge in [0.2, 0.25) is 5.91 Å². The van der Waals surface area contributed by atoms with Crippen LogP contribution in [0.5, 0.6) is 0 Å². The summed E-state index contributed by atoms with van der Waals surface area (Å²) in [5, 5.41) is 0. The van der Waals surface area contributed by atoms with Crippen molar-refractivity contribution in [3.63, 3.8) is 0 Å². The molecule has 0 saturated carbocycles. The van der Waals surface area contributed by atoms with Crippen molar-refractivity contribution in [1.82, 2.24) is 4.90 Å². The molecular weight excluding hydrogens is 405 g/mol. The number of alkyl halides is 3. The quantitative estimate of drug-likeness (QED) is 0.634. The van der Waals surface area contributed by atoms with Gasteiger partial charge < -0.3 is 4.90 Å². The monoisotopic (exact) mass is 430 g/mol. The third-order valence-electron chi connectivity index (χ3n) is 5.45. The second-order valence-corrected chi connectivity index (χ2v) is 8.01. The highest BCUT2D eigenvalue weighted by atomic mass is 19.4. The average molecular weight is 430 g/mol. The van der Waals surface area contributed by atoms with Crippen LogP contribution in [0, 0.1) is 12.8 Å². The molecule has 2 aromatic carbocycles. The maximum atomic E-state index is 13.3. The summed E-state index contributed by atoms with van der Waals surface area (Å²) in [4.78, 5) is 30.0. The van der Waals surface area contributed by atoms with Crippen LogP contribution in [-0.4, -0.2) is 35.5 Å². The zero-order valence-electron chi connectivity index (χ0n) is 17.5. The van der Waals surface area contributed by atoms with E-state index in [1.807, 2.05) is 30.3 Å². The lowest BCUT2D eigenvalue weighted by Gasteiger charge is -2.39. The summed E-state index contributed by atoms with van der Waals surface area (Å²) in [5.74, 6) is -0.653. The van der Waals surface area contributed by atoms with Gasteiger partial charge in [-0.3, -0.25) is 9.59 Å². The number of benzene rings is 2. The first-order valence-electron chi connectivity index (χ1n) is 10.2. The van der Waals surface area contributed by atoms with Crippen LogP contribution in [0.4, 0.5) is 13.2 Å². The molecule has 0 spiro atoms. The highest BCUT2D eigenvalue weighted by Gasteiger charge is 2.34. The van der Waals surface area contributed by atoms with Crippen LogP contribution in [0.1, 0.15) is 46.8 Å². The van der Waals surface area contributed by atoms with E-state index < -0.39 is 17.6 Å². The Balaban J connectivity index is 1.89. The Morgan fingerprint density at radius 3 is 2.52 bits per heavy atom. The lowest BCUT2D eigenvalue weighted by Crippen LogP contribution is -2.47. The summed E-state index contributed by atoms with van der Waals surface area (Å²) in [6.07, 6.45) is -1.10. The maximum Gasteiger partial charge on any atom is 0.416 e. The van der Waals surface area contributed by atoms with E-state index in [0.717, 1.165) is 17.7 Å². The number of nitrogens with zero attached hydrogens (tertiary/aromatic N) is 2. The zero-order valence-corrected chi connectivity index (χ0v) is 17.5. The largest absolute Gasteiger partial charge is 0.416 e. The Bertz CT molecular complexity index is 971. The molecule has 7 heteroatoms. The van der Waals surface area contributed by atoms with E-state index in [0.29, 0.717) is 31.4 Å². The molecule has 0 aliphatic carbocycles. The predicted octanol–water partition coefficient (Wildman–Crippen LogP) is 5.09. The van der Waals surface area contributed by atoms with E-state index in [-0.39, 0.29) is 23.4 Å². The van der Waals surface area contributed by atoms with Gasteiger partial charge in [0.05, 0.1) is 5.56 Å². The first-order valence-corrected chi connectivity index (χ1v) is 10.2. The van der Waals surface area contributed by atoms with E-state index >= 15 is 0 Å². The minimum Gasteiger partial charge on any atom is -0.335 e. The van der Waals surface area contributed by atoms with Crippen molar-refractivity contribution in [2.75, 3.05) is 6.54 Å². The average Bonchev–Trinajstić information content (AvgIpc) is 2.71. The van der Waals surface area contributed by atoms with Crippen LogP contribution in [-0.2, 0) is 17.4 Å². The van der Waals surface area contributed by atoms with E-state index in [4.69, 9.17) is 0 Å². The summed E-state index contributed by atoms with van der Waals surface area (Å²) >= 11 is 0. The van der Waals surface area contributed by atoms with Crippen LogP contribution >= 0.6 is 0 Å². The van der Waals surface area contributed by atoms with Crippen molar-refractivity contribution in [2.45, 2.75) is 45.3 Å². The molecule has 4 nitrogen and oxygen atoms in total. The molecule has 31 heavy (non-hydrogen) atoms. The van der Waals surface area contributed by atoms with Gasteiger partial charge in [-0.1, -0.05) is 30.3 Å². The SMILES string of the molecule is CC(=O)N=CC1CCN(C(=O)c2cc(C)cc(C(F)(F)F)c2)C(Cc2ccccc2)C1. The van der Waals surface area contributed by atoms with Gasteiger partial charge in [-0.25, -0.2) is 4.99 Å². The van der Waals surface area contributed by atoms with Gasteiger partial charge >= 0.3 is 6.18 Å². The van der Waals surface area contributed by atoms with E-state index in [1.54, 1.807) is 18.0 Å². The van der Waals surface area contributed by atoms with Crippen molar-refractivity contribution in [2.24, 2.45) is 10.9 Å². The molecule has 1 saturated heterocycles. The number of amides is 2. The van der Waals surface area contributed by atoms with Crippen molar-refractivity contribution in [3.05, 3.63) is 70.8 Å². The number of rotatable bonds is 4. The van der Waals surface area contributed by atoms with Crippen LogP contribution < -0.4 is 0 Å². The minimum atomic E-state index is -4.51. The third kappa shape index (κ3) is 6.03. The van der Waals surface area contributed by atoms with Gasteiger partial charge in [0.15, 0.2) is 0 Å². The molecule has 1 fully saturated rings. The van der Waals surface area contributed by atoms with Gasteiger partial charge in [0.1, 0.15) is 0 Å². The Hall–Kier alpha value is -2.96. The lowest BCUT2D eigenvalue weighted by molar-refractivity contribution is -0.137. The van der Waals surface area contributed by atoms with Crippen molar-refractivity contribution in [3.8, 4) is 0 Å². The Morgan fingerprint density at radius 2 is 1.87 bits per heavy atom. The number of carbonyl (C=O) groups excluding carboxylic acids is 2. The van der Waals surface area contributed by atoms with Crippen LogP contribution in [0.2, 0.25) is 0 Å². The third-order valence-corrected chi connectivity index (χ3v) is 5.45. The molecule has 0 aromatic heterocycles. The summed E-state index contributed by atoms with van der Waals surface area (Å²) in [6, 6.07) is 12.9. The minimum absolute atomic E-state index is 0.0323. The van der Waals surface area contributed by atoms with Gasteiger partial charge in [0, 0.05) is 31.3 Å². The summed E-state index contributed by atoms with van der Waals surface area (Å²) < 4.78 is 39.8. The number of hydrogen-bond donors (Lipinski definition) is 0. The van der Waals surface area contributed by atoms with Crippen LogP contribution in [0.3, 0.4) is 0 Å². The Labute approximate surface area is 179 Å². The molecule has 2 unspecified atom stereocenters. The molecule has 0 N–H and O–H groups in total. The van der Waals surface area contributed by atoms with Gasteiger partial charge in [-0.15, -0.1) is 0 Å². The van der Waals surface area contributed by atoms with Gasteiger partial charge in [-0.2, -0.15) is 13.2 Å². The molecule has 0 radical (unpaired) electrons. The highest BCUT2D eigenvalue weighted by Crippen LogP contribution is 2.32. The highest BCUT2D eigenvalue weighted by molar-refractivity contribution is 5.95. The fourth-order valence-electron chi connectivity index (χ4n) is 4.01. The van der Waals surface area contributed by atoms with Crippen LogP contribution in [0.25, 0.3) is 0 Å². The second-order valence-electron chi connectivity index (χ2n) is 8.01. The molecule has 1 heterocycles. The summed E-state index contributed by atoms with van der Waals surface area (Å²) in [6.45, 7) is 3.32. The molecule has 2 amide bonds. The molecule has 1 aliphatic heterocycles. The molecule has 3 rings (SSSR count). The number of likely N-dealkylation sites (tertiary alicyclic amines) is 1. The van der Waals surface area contributed by atoms with Gasteiger partial charge in [-0.05, 0) is 61.4 Å². The number of piperidine rings is 1. The van der Waals surface area contributed by atoms with E-state index in [9.17, 15) is 22.8 Å². The number of aliphatic imine (C=N–C) groups is 1. The topological polar surface area (TPSA) is 49.7 Å². The number of hydrogen-bond acceptors (Lipinski definition) is 2. The fourth-order valence-corrected chi connectivity index (χ4v) is 4.01. The van der Waals surface area contributed by atoms with Crippen molar-refractivity contribution < 1.29 is 22.8 Å². The zero-order chi connectivity index (χ0) is 22.6. The number of halogens is 3. The maximum absolute atomic E-state index is 13.3. The molecule has 164 valence electrons. The standard InChI is InChI=1S/C24H25F3N2O2/c1-16-10-20(14-21(11-16)24(25,26)27)23(31)29-9-8-19(15-28-17(2)30)13-22(29)12-18-6-4-3-5-7-18/h3-7,10-11,14-15,19,22H,8-9,12-13H2,1-2H3.